The quantitative estimate of drug-likeness (QED) is 0.240. The van der Waals surface area contributed by atoms with Gasteiger partial charge in [-0.15, -0.1) is 0 Å². The van der Waals surface area contributed by atoms with E-state index in [1.807, 2.05) is 0 Å². The molecule has 0 atom stereocenters. The van der Waals surface area contributed by atoms with Crippen molar-refractivity contribution in [2.45, 2.75) is 13.8 Å². The molecule has 11 heavy (non-hydrogen) atoms. The Bertz CT molecular complexity index is 164. The molecule has 5 nitrogen and oxygen atoms in total. The van der Waals surface area contributed by atoms with E-state index in [2.05, 4.69) is 4.74 Å². The molecule has 0 fully saturated rings. The van der Waals surface area contributed by atoms with Gasteiger partial charge in [-0.05, 0) is 0 Å². The van der Waals surface area contributed by atoms with Gasteiger partial charge in [-0.25, -0.2) is 4.79 Å². The summed E-state index contributed by atoms with van der Waals surface area (Å²) in [7, 11) is 0. The zero-order valence-corrected chi connectivity index (χ0v) is 5.63. The van der Waals surface area contributed by atoms with Crippen molar-refractivity contribution in [2.75, 3.05) is 0 Å². The Hall–Kier alpha value is 0.341. The summed E-state index contributed by atoms with van der Waals surface area (Å²) < 4.78 is 3.88. The SMILES string of the molecule is CC(=O)OC(=O)C(C)=O.O.[BaH2]. The molecule has 0 rings (SSSR count). The van der Waals surface area contributed by atoms with Gasteiger partial charge < -0.3 is 10.2 Å². The number of rotatable bonds is 1. The molecule has 0 aliphatic carbocycles. The van der Waals surface area contributed by atoms with E-state index in [0.717, 1.165) is 13.8 Å². The summed E-state index contributed by atoms with van der Waals surface area (Å²) in [6, 6.07) is 0. The van der Waals surface area contributed by atoms with E-state index in [4.69, 9.17) is 0 Å². The zero-order valence-electron chi connectivity index (χ0n) is 5.63. The molecule has 0 spiro atoms. The number of hydrogen-bond acceptors (Lipinski definition) is 4. The van der Waals surface area contributed by atoms with E-state index in [1.54, 1.807) is 0 Å². The molecule has 6 heteroatoms. The summed E-state index contributed by atoms with van der Waals surface area (Å²) in [6.07, 6.45) is 0. The van der Waals surface area contributed by atoms with Crippen LogP contribution in [0, 0.1) is 0 Å². The van der Waals surface area contributed by atoms with Crippen molar-refractivity contribution in [3.63, 3.8) is 0 Å². The molecular weight excluding hydrogens is 277 g/mol. The molecule has 0 bridgehead atoms. The van der Waals surface area contributed by atoms with Gasteiger partial charge in [0.1, 0.15) is 0 Å². The summed E-state index contributed by atoms with van der Waals surface area (Å²) in [5.74, 6) is -2.65. The van der Waals surface area contributed by atoms with Gasteiger partial charge >= 0.3 is 60.8 Å². The first-order valence-electron chi connectivity index (χ1n) is 2.27. The van der Waals surface area contributed by atoms with Gasteiger partial charge in [-0.2, -0.15) is 0 Å². The van der Waals surface area contributed by atoms with Crippen molar-refractivity contribution in [1.29, 1.82) is 0 Å². The Kier molecular flexibility index (Phi) is 13.4. The van der Waals surface area contributed by atoms with Gasteiger partial charge in [-0.1, -0.05) is 0 Å². The molecule has 0 saturated carbocycles. The monoisotopic (exact) mass is 288 g/mol. The normalized spacial score (nSPS) is 6.73. The van der Waals surface area contributed by atoms with Crippen LogP contribution < -0.4 is 0 Å². The fourth-order valence-corrected chi connectivity index (χ4v) is 0.202. The van der Waals surface area contributed by atoms with Gasteiger partial charge in [-0.3, -0.25) is 9.59 Å². The molecule has 2 N–H and O–H groups in total. The molecule has 0 radical (unpaired) electrons. The van der Waals surface area contributed by atoms with Crippen LogP contribution in [0.1, 0.15) is 13.8 Å². The molecule has 0 unspecified atom stereocenters. The molecule has 0 saturated heterocycles. The third-order valence-corrected chi connectivity index (χ3v) is 0.524. The van der Waals surface area contributed by atoms with Crippen LogP contribution in [-0.4, -0.2) is 72.1 Å². The second-order valence-corrected chi connectivity index (χ2v) is 1.44. The predicted molar refractivity (Wildman–Crippen MR) is 39.6 cm³/mol. The number of Topliss-reactive ketones (excluding diaryl/α,β-unsaturated/α-hetero) is 1. The molecular formula is C5H10BaO5. The average molecular weight is 287 g/mol. The third-order valence-electron chi connectivity index (χ3n) is 0.524. The Morgan fingerprint density at radius 3 is 1.55 bits per heavy atom. The standard InChI is InChI=1S/C5H6O4.Ba.H2O.2H/c1-3(6)5(8)9-4(2)7;;;;/h1-2H3;;1H2;;. The molecule has 0 heterocycles. The number of carbonyl (C=O) groups excluding carboxylic acids is 3. The van der Waals surface area contributed by atoms with Crippen LogP contribution in [0.25, 0.3) is 0 Å². The molecule has 0 aromatic heterocycles. The minimum absolute atomic E-state index is 0. The van der Waals surface area contributed by atoms with E-state index >= 15 is 0 Å². The van der Waals surface area contributed by atoms with Crippen molar-refractivity contribution in [3.05, 3.63) is 0 Å². The van der Waals surface area contributed by atoms with Crippen LogP contribution in [0.2, 0.25) is 0 Å². The summed E-state index contributed by atoms with van der Waals surface area (Å²) in [5, 5.41) is 0. The van der Waals surface area contributed by atoms with Crippen LogP contribution in [-0.2, 0) is 19.1 Å². The molecule has 62 valence electrons. The first-order valence-corrected chi connectivity index (χ1v) is 2.27. The maximum absolute atomic E-state index is 10.2. The average Bonchev–Trinajstić information content (AvgIpc) is 1.63. The topological polar surface area (TPSA) is 91.9 Å². The Balaban J connectivity index is -0.000000320. The number of hydrogen-bond donors (Lipinski definition) is 0. The van der Waals surface area contributed by atoms with Crippen molar-refractivity contribution in [2.24, 2.45) is 0 Å². The first-order chi connectivity index (χ1) is 4.04. The van der Waals surface area contributed by atoms with Gasteiger partial charge in [0.15, 0.2) is 0 Å². The summed E-state index contributed by atoms with van der Waals surface area (Å²) in [4.78, 5) is 30.2. The van der Waals surface area contributed by atoms with Crippen molar-refractivity contribution < 1.29 is 24.6 Å². The van der Waals surface area contributed by atoms with E-state index < -0.39 is 17.7 Å². The van der Waals surface area contributed by atoms with Crippen molar-refractivity contribution >= 4 is 66.6 Å². The van der Waals surface area contributed by atoms with Gasteiger partial charge in [0.25, 0.3) is 0 Å². The van der Waals surface area contributed by atoms with Gasteiger partial charge in [0.2, 0.25) is 5.78 Å². The number of carbonyl (C=O) groups is 3. The van der Waals surface area contributed by atoms with Crippen molar-refractivity contribution in [1.82, 2.24) is 0 Å². The molecule has 0 aliphatic heterocycles. The molecule has 0 amide bonds. The van der Waals surface area contributed by atoms with E-state index in [-0.39, 0.29) is 54.4 Å². The Morgan fingerprint density at radius 2 is 1.45 bits per heavy atom. The third kappa shape index (κ3) is 10.3. The van der Waals surface area contributed by atoms with Crippen LogP contribution in [0.3, 0.4) is 0 Å². The fourth-order valence-electron chi connectivity index (χ4n) is 0.202. The van der Waals surface area contributed by atoms with Crippen LogP contribution >= 0.6 is 0 Å². The molecule has 0 aromatic rings. The zero-order chi connectivity index (χ0) is 7.44. The van der Waals surface area contributed by atoms with E-state index in [9.17, 15) is 14.4 Å². The first kappa shape index (κ1) is 17.4. The van der Waals surface area contributed by atoms with Crippen LogP contribution in [0.15, 0.2) is 0 Å². The maximum atomic E-state index is 10.2. The van der Waals surface area contributed by atoms with Gasteiger partial charge in [0.05, 0.1) is 0 Å². The summed E-state index contributed by atoms with van der Waals surface area (Å²) in [6.45, 7) is 2.09. The summed E-state index contributed by atoms with van der Waals surface area (Å²) >= 11 is 0. The fraction of sp³-hybridized carbons (Fsp3) is 0.400. The number of ketones is 1. The second-order valence-electron chi connectivity index (χ2n) is 1.44. The Labute approximate surface area is 104 Å². The number of ether oxygens (including phenoxy) is 1. The Morgan fingerprint density at radius 1 is 1.09 bits per heavy atom. The second kappa shape index (κ2) is 8.44. The van der Waals surface area contributed by atoms with Crippen molar-refractivity contribution in [3.8, 4) is 0 Å². The van der Waals surface area contributed by atoms with Crippen LogP contribution in [0.5, 0.6) is 0 Å². The van der Waals surface area contributed by atoms with Crippen LogP contribution in [0.4, 0.5) is 0 Å². The van der Waals surface area contributed by atoms with E-state index in [1.165, 1.54) is 0 Å². The molecule has 0 aromatic carbocycles. The minimum atomic E-state index is -1.11. The summed E-state index contributed by atoms with van der Waals surface area (Å²) in [5.41, 5.74) is 0. The number of esters is 2. The molecule has 0 aliphatic rings. The predicted octanol–water partition coefficient (Wildman–Crippen LogP) is -2.08. The van der Waals surface area contributed by atoms with E-state index in [0.29, 0.717) is 0 Å². The van der Waals surface area contributed by atoms with Gasteiger partial charge in [0, 0.05) is 13.8 Å².